The van der Waals surface area contributed by atoms with Gasteiger partial charge in [0.05, 0.1) is 19.8 Å². The third kappa shape index (κ3) is 9.32. The minimum absolute atomic E-state index is 0.0493. The minimum Gasteiger partial charge on any atom is -0.381 e. The van der Waals surface area contributed by atoms with Gasteiger partial charge < -0.3 is 14.2 Å². The van der Waals surface area contributed by atoms with Crippen LogP contribution in [0.3, 0.4) is 0 Å². The molecule has 0 aromatic carbocycles. The molecule has 1 aliphatic rings. The Morgan fingerprint density at radius 3 is 2.05 bits per heavy atom. The Morgan fingerprint density at radius 2 is 1.45 bits per heavy atom. The molecule has 0 spiro atoms. The molecule has 0 aromatic rings. The molecule has 120 valence electrons. The predicted octanol–water partition coefficient (Wildman–Crippen LogP) is 4.53. The number of unbranched alkanes of at least 4 members (excludes halogenated alkanes) is 7. The first-order valence-electron chi connectivity index (χ1n) is 8.06. The molecule has 1 aliphatic heterocycles. The molecule has 3 nitrogen and oxygen atoms in total. The van der Waals surface area contributed by atoms with Crippen molar-refractivity contribution in [2.45, 2.75) is 58.3 Å². The summed E-state index contributed by atoms with van der Waals surface area (Å²) in [6.07, 6.45) is 10.7. The first-order valence-corrected chi connectivity index (χ1v) is 9.18. The molecule has 4 heteroatoms. The van der Waals surface area contributed by atoms with Gasteiger partial charge in [0.25, 0.3) is 0 Å². The Morgan fingerprint density at radius 1 is 0.900 bits per heavy atom. The third-order valence-electron chi connectivity index (χ3n) is 3.69. The Kier molecular flexibility index (Phi) is 11.0. The topological polar surface area (TPSA) is 27.7 Å². The molecule has 0 radical (unpaired) electrons. The maximum atomic E-state index is 5.77. The minimum atomic E-state index is 0.0493. The molecule has 0 saturated carbocycles. The van der Waals surface area contributed by atoms with Gasteiger partial charge in [-0.25, -0.2) is 0 Å². The van der Waals surface area contributed by atoms with Crippen molar-refractivity contribution in [2.24, 2.45) is 5.41 Å². The average molecular weight is 351 g/mol. The van der Waals surface area contributed by atoms with Crippen molar-refractivity contribution in [3.05, 3.63) is 0 Å². The first kappa shape index (κ1) is 18.4. The molecule has 0 aliphatic carbocycles. The molecule has 0 bridgehead atoms. The van der Waals surface area contributed by atoms with E-state index in [9.17, 15) is 0 Å². The number of rotatable bonds is 12. The summed E-state index contributed by atoms with van der Waals surface area (Å²) in [5, 5.41) is 1.15. The largest absolute Gasteiger partial charge is 0.381 e. The molecule has 0 atom stereocenters. The van der Waals surface area contributed by atoms with E-state index in [4.69, 9.17) is 14.2 Å². The zero-order chi connectivity index (χ0) is 14.5. The number of ether oxygens (including phenoxy) is 3. The number of halogens is 1. The van der Waals surface area contributed by atoms with E-state index in [0.29, 0.717) is 6.79 Å². The SMILES string of the molecule is CC1(COCCCCCCCCCCBr)COCOC1. The molecular weight excluding hydrogens is 320 g/mol. The molecular formula is C16H31BrO3. The summed E-state index contributed by atoms with van der Waals surface area (Å²) in [4.78, 5) is 0. The summed E-state index contributed by atoms with van der Waals surface area (Å²) in [6.45, 7) is 5.73. The van der Waals surface area contributed by atoms with Gasteiger partial charge in [-0.2, -0.15) is 0 Å². The smallest absolute Gasteiger partial charge is 0.146 e. The third-order valence-corrected chi connectivity index (χ3v) is 4.25. The van der Waals surface area contributed by atoms with Crippen LogP contribution in [0.1, 0.15) is 58.3 Å². The van der Waals surface area contributed by atoms with Crippen molar-refractivity contribution in [3.63, 3.8) is 0 Å². The summed E-state index contributed by atoms with van der Waals surface area (Å²) in [5.41, 5.74) is 0.0493. The fraction of sp³-hybridized carbons (Fsp3) is 1.00. The highest BCUT2D eigenvalue weighted by atomic mass is 79.9. The first-order chi connectivity index (χ1) is 9.77. The van der Waals surface area contributed by atoms with E-state index in [-0.39, 0.29) is 5.41 Å². The summed E-state index contributed by atoms with van der Waals surface area (Å²) >= 11 is 3.47. The second-order valence-corrected chi connectivity index (χ2v) is 6.99. The molecule has 0 unspecified atom stereocenters. The standard InChI is InChI=1S/C16H31BrO3/c1-16(13-19-15-20-14-16)12-18-11-9-7-5-3-2-4-6-8-10-17/h2-15H2,1H3. The van der Waals surface area contributed by atoms with Gasteiger partial charge in [0.1, 0.15) is 6.79 Å². The molecule has 0 amide bonds. The van der Waals surface area contributed by atoms with Crippen molar-refractivity contribution >= 4 is 15.9 Å². The summed E-state index contributed by atoms with van der Waals surface area (Å²) in [5.74, 6) is 0. The zero-order valence-electron chi connectivity index (χ0n) is 13.0. The van der Waals surface area contributed by atoms with Crippen LogP contribution in [-0.4, -0.2) is 38.6 Å². The van der Waals surface area contributed by atoms with Crippen molar-refractivity contribution < 1.29 is 14.2 Å². The van der Waals surface area contributed by atoms with E-state index in [0.717, 1.165) is 31.8 Å². The van der Waals surface area contributed by atoms with Crippen molar-refractivity contribution in [3.8, 4) is 0 Å². The molecule has 1 rings (SSSR count). The van der Waals surface area contributed by atoms with Crippen LogP contribution in [0.15, 0.2) is 0 Å². The second-order valence-electron chi connectivity index (χ2n) is 6.20. The normalized spacial score (nSPS) is 18.3. The highest BCUT2D eigenvalue weighted by Crippen LogP contribution is 2.21. The zero-order valence-corrected chi connectivity index (χ0v) is 14.6. The Balaban J connectivity index is 1.80. The highest BCUT2D eigenvalue weighted by Gasteiger charge is 2.28. The lowest BCUT2D eigenvalue weighted by molar-refractivity contribution is -0.175. The average Bonchev–Trinajstić information content (AvgIpc) is 2.45. The van der Waals surface area contributed by atoms with E-state index in [2.05, 4.69) is 22.9 Å². The van der Waals surface area contributed by atoms with Gasteiger partial charge in [-0.15, -0.1) is 0 Å². The summed E-state index contributed by atoms with van der Waals surface area (Å²) < 4.78 is 16.4. The molecule has 20 heavy (non-hydrogen) atoms. The molecule has 0 N–H and O–H groups in total. The van der Waals surface area contributed by atoms with Crippen molar-refractivity contribution in [1.82, 2.24) is 0 Å². The maximum Gasteiger partial charge on any atom is 0.146 e. The Bertz CT molecular complexity index is 218. The number of hydrogen-bond donors (Lipinski definition) is 0. The van der Waals surface area contributed by atoms with Crippen molar-refractivity contribution in [1.29, 1.82) is 0 Å². The fourth-order valence-corrected chi connectivity index (χ4v) is 2.83. The van der Waals surface area contributed by atoms with Gasteiger partial charge >= 0.3 is 0 Å². The van der Waals surface area contributed by atoms with Crippen molar-refractivity contribution in [2.75, 3.05) is 38.6 Å². The monoisotopic (exact) mass is 350 g/mol. The van der Waals surface area contributed by atoms with Gasteiger partial charge in [-0.05, 0) is 12.8 Å². The van der Waals surface area contributed by atoms with Crippen LogP contribution in [0.2, 0.25) is 0 Å². The quantitative estimate of drug-likeness (QED) is 0.382. The van der Waals surface area contributed by atoms with Gasteiger partial charge in [0.2, 0.25) is 0 Å². The van der Waals surface area contributed by atoms with Crippen LogP contribution in [0.5, 0.6) is 0 Å². The van der Waals surface area contributed by atoms with Gasteiger partial charge in [0.15, 0.2) is 0 Å². The molecule has 1 heterocycles. The van der Waals surface area contributed by atoms with Crippen LogP contribution in [0.4, 0.5) is 0 Å². The lowest BCUT2D eigenvalue weighted by Crippen LogP contribution is -2.38. The molecule has 1 fully saturated rings. The van der Waals surface area contributed by atoms with Gasteiger partial charge in [-0.1, -0.05) is 61.4 Å². The van der Waals surface area contributed by atoms with Crippen LogP contribution in [-0.2, 0) is 14.2 Å². The van der Waals surface area contributed by atoms with Crippen LogP contribution < -0.4 is 0 Å². The van der Waals surface area contributed by atoms with E-state index >= 15 is 0 Å². The summed E-state index contributed by atoms with van der Waals surface area (Å²) in [6, 6.07) is 0. The van der Waals surface area contributed by atoms with E-state index in [1.165, 1.54) is 51.4 Å². The molecule has 0 aromatic heterocycles. The maximum absolute atomic E-state index is 5.77. The van der Waals surface area contributed by atoms with Gasteiger partial charge in [0, 0.05) is 17.4 Å². The lowest BCUT2D eigenvalue weighted by atomic mass is 9.94. The van der Waals surface area contributed by atoms with Gasteiger partial charge in [-0.3, -0.25) is 0 Å². The van der Waals surface area contributed by atoms with E-state index in [1.807, 2.05) is 0 Å². The predicted molar refractivity (Wildman–Crippen MR) is 86.4 cm³/mol. The van der Waals surface area contributed by atoms with Crippen LogP contribution >= 0.6 is 15.9 Å². The number of hydrogen-bond acceptors (Lipinski definition) is 3. The highest BCUT2D eigenvalue weighted by molar-refractivity contribution is 9.09. The van der Waals surface area contributed by atoms with E-state index < -0.39 is 0 Å². The number of alkyl halides is 1. The summed E-state index contributed by atoms with van der Waals surface area (Å²) in [7, 11) is 0. The van der Waals surface area contributed by atoms with E-state index in [1.54, 1.807) is 0 Å². The Labute approximate surface area is 132 Å². The lowest BCUT2D eigenvalue weighted by Gasteiger charge is -2.32. The van der Waals surface area contributed by atoms with Crippen LogP contribution in [0, 0.1) is 5.41 Å². The molecule has 1 saturated heterocycles. The van der Waals surface area contributed by atoms with Crippen LogP contribution in [0.25, 0.3) is 0 Å². The fourth-order valence-electron chi connectivity index (χ4n) is 2.44. The Hall–Kier alpha value is 0.360. The second kappa shape index (κ2) is 12.0.